The van der Waals surface area contributed by atoms with Crippen molar-refractivity contribution in [2.45, 2.75) is 12.3 Å². The molecular weight excluding hydrogens is 641 g/mol. The number of hydrogen-bond acceptors (Lipinski definition) is 7. The predicted molar refractivity (Wildman–Crippen MR) is 206 cm³/mol. The van der Waals surface area contributed by atoms with Gasteiger partial charge in [-0.05, 0) is 59.5 Å². The van der Waals surface area contributed by atoms with E-state index in [-0.39, 0.29) is 11.8 Å². The maximum absolute atomic E-state index is 6.96. The van der Waals surface area contributed by atoms with E-state index in [0.717, 1.165) is 96.1 Å². The molecule has 0 saturated carbocycles. The molecule has 4 aliphatic rings. The second-order valence-corrected chi connectivity index (χ2v) is 13.5. The van der Waals surface area contributed by atoms with E-state index in [1.165, 1.54) is 0 Å². The van der Waals surface area contributed by atoms with Crippen LogP contribution < -0.4 is 16.6 Å². The average molecular weight is 672 g/mol. The van der Waals surface area contributed by atoms with Gasteiger partial charge in [0.05, 0.1) is 5.92 Å². The van der Waals surface area contributed by atoms with Crippen LogP contribution in [0.15, 0.2) is 178 Å². The Bertz CT molecular complexity index is 2670. The van der Waals surface area contributed by atoms with Crippen LogP contribution in [-0.2, 0) is 0 Å². The van der Waals surface area contributed by atoms with Crippen LogP contribution in [0.4, 0.5) is 0 Å². The number of hydrogen-bond donors (Lipinski definition) is 1. The van der Waals surface area contributed by atoms with Crippen molar-refractivity contribution < 1.29 is 8.83 Å². The van der Waals surface area contributed by atoms with E-state index in [0.29, 0.717) is 0 Å². The van der Waals surface area contributed by atoms with Crippen LogP contribution in [-0.4, -0.2) is 27.5 Å². The molecule has 7 heterocycles. The van der Waals surface area contributed by atoms with E-state index in [2.05, 4.69) is 135 Å². The highest BCUT2D eigenvalue weighted by Crippen LogP contribution is 2.48. The van der Waals surface area contributed by atoms with Crippen molar-refractivity contribution in [2.24, 2.45) is 10.9 Å². The lowest BCUT2D eigenvalue weighted by Gasteiger charge is -2.45. The van der Waals surface area contributed by atoms with Gasteiger partial charge in [-0.3, -0.25) is 9.97 Å². The molecule has 1 unspecified atom stereocenters. The van der Waals surface area contributed by atoms with Crippen LogP contribution in [0.3, 0.4) is 0 Å². The lowest BCUT2D eigenvalue weighted by Crippen LogP contribution is -2.64. The van der Waals surface area contributed by atoms with Crippen LogP contribution in [0, 0.1) is 5.92 Å². The number of aliphatic imine (C=N–C) groups is 1. The molecule has 1 atom stereocenters. The molecule has 246 valence electrons. The third kappa shape index (κ3) is 4.24. The van der Waals surface area contributed by atoms with E-state index in [1.807, 2.05) is 36.9 Å². The molecule has 0 fully saturated rings. The zero-order valence-corrected chi connectivity index (χ0v) is 28.0. The first-order valence-corrected chi connectivity index (χ1v) is 17.7. The largest absolute Gasteiger partial charge is 0.467 e. The predicted octanol–water partition coefficient (Wildman–Crippen LogP) is 7.76. The van der Waals surface area contributed by atoms with Crippen molar-refractivity contribution in [3.05, 3.63) is 192 Å². The van der Waals surface area contributed by atoms with Crippen molar-refractivity contribution in [1.29, 1.82) is 0 Å². The number of nitrogens with one attached hydrogen (secondary N) is 1. The first-order valence-electron chi connectivity index (χ1n) is 17.7. The maximum atomic E-state index is 6.96. The molecule has 0 saturated heterocycles. The Hall–Kier alpha value is -6.67. The summed E-state index contributed by atoms with van der Waals surface area (Å²) in [6.45, 7) is -0.396. The molecule has 52 heavy (non-hydrogen) atoms. The third-order valence-electron chi connectivity index (χ3n) is 10.7. The van der Waals surface area contributed by atoms with Crippen LogP contribution in [0.25, 0.3) is 33.1 Å². The number of pyridine rings is 2. The third-order valence-corrected chi connectivity index (χ3v) is 10.7. The summed E-state index contributed by atoms with van der Waals surface area (Å²) in [6.07, 6.45) is 17.1. The molecule has 3 aliphatic heterocycles. The van der Waals surface area contributed by atoms with Crippen LogP contribution >= 0.6 is 0 Å². The Morgan fingerprint density at radius 3 is 1.96 bits per heavy atom. The lowest BCUT2D eigenvalue weighted by atomic mass is 9.48. The number of allylic oxidation sites excluding steroid dienone is 5. The molecule has 0 amide bonds. The molecule has 0 radical (unpaired) electrons. The van der Waals surface area contributed by atoms with Crippen LogP contribution in [0.5, 0.6) is 0 Å². The van der Waals surface area contributed by atoms with Gasteiger partial charge in [-0.2, -0.15) is 0 Å². The number of aromatic nitrogens is 2. The molecule has 7 aromatic rings. The SMILES string of the molecule is C1=CCC(C2=C3N=C(C(c4ccncc4)c4ccncc4)NC4=C(c5ccccc5)c5c(oc6ccccc56)B(c5oc6ccccc6c52)N34)C=C1. The number of rotatable bonds is 5. The van der Waals surface area contributed by atoms with Crippen molar-refractivity contribution in [3.8, 4) is 0 Å². The van der Waals surface area contributed by atoms with E-state index in [4.69, 9.17) is 13.8 Å². The summed E-state index contributed by atoms with van der Waals surface area (Å²) in [5.74, 6) is 2.51. The molecular formula is C44H30BN5O2. The number of fused-ring (bicyclic) bond motifs is 8. The number of amidine groups is 1. The minimum Gasteiger partial charge on any atom is -0.467 e. The highest BCUT2D eigenvalue weighted by atomic mass is 16.3. The number of benzene rings is 3. The molecule has 3 aromatic carbocycles. The normalized spacial score (nSPS) is 17.4. The van der Waals surface area contributed by atoms with Crippen LogP contribution in [0.2, 0.25) is 0 Å². The highest BCUT2D eigenvalue weighted by molar-refractivity contribution is 6.84. The molecule has 11 rings (SSSR count). The summed E-state index contributed by atoms with van der Waals surface area (Å²) in [7, 11) is 0. The Morgan fingerprint density at radius 1 is 0.692 bits per heavy atom. The Morgan fingerprint density at radius 2 is 1.31 bits per heavy atom. The van der Waals surface area contributed by atoms with Gasteiger partial charge in [0.25, 0.3) is 0 Å². The van der Waals surface area contributed by atoms with Gasteiger partial charge in [0.1, 0.15) is 40.0 Å². The fourth-order valence-corrected chi connectivity index (χ4v) is 8.53. The van der Waals surface area contributed by atoms with Gasteiger partial charge >= 0.3 is 6.85 Å². The summed E-state index contributed by atoms with van der Waals surface area (Å²) in [6, 6.07) is 35.6. The summed E-state index contributed by atoms with van der Waals surface area (Å²) in [4.78, 5) is 16.8. The number of furan rings is 2. The quantitative estimate of drug-likeness (QED) is 0.189. The Kier molecular flexibility index (Phi) is 6.40. The summed E-state index contributed by atoms with van der Waals surface area (Å²) in [5.41, 5.74) is 11.0. The van der Waals surface area contributed by atoms with Gasteiger partial charge in [0.2, 0.25) is 0 Å². The first-order chi connectivity index (χ1) is 25.8. The molecule has 4 aromatic heterocycles. The standard InChI is InChI=1S/C44H30BN5O2/c1-3-11-27(12-4-1)36-38-31-15-7-9-17-33(31)51-40(38)45-41-39(32-16-8-10-18-34(32)52-41)37(28-13-5-2-6-14-28)44-49-42(48-43(36)50(44)45)35(29-19-23-46-24-20-29)30-21-25-47-26-22-30/h1-13,15-26,28,35H,14H2,(H,48,49). The maximum Gasteiger partial charge on any atom is 0.414 e. The lowest BCUT2D eigenvalue weighted by molar-refractivity contribution is 0.547. The van der Waals surface area contributed by atoms with Gasteiger partial charge in [-0.25, -0.2) is 4.99 Å². The summed E-state index contributed by atoms with van der Waals surface area (Å²) in [5, 5.41) is 6.12. The second-order valence-electron chi connectivity index (χ2n) is 13.5. The van der Waals surface area contributed by atoms with Gasteiger partial charge < -0.3 is 19.0 Å². The fourth-order valence-electron chi connectivity index (χ4n) is 8.53. The zero-order valence-electron chi connectivity index (χ0n) is 28.0. The molecule has 1 aliphatic carbocycles. The van der Waals surface area contributed by atoms with Crippen molar-refractivity contribution in [1.82, 2.24) is 20.1 Å². The molecule has 7 nitrogen and oxygen atoms in total. The molecule has 1 N–H and O–H groups in total. The van der Waals surface area contributed by atoms with E-state index < -0.39 is 6.85 Å². The van der Waals surface area contributed by atoms with E-state index in [9.17, 15) is 0 Å². The Balaban J connectivity index is 1.31. The van der Waals surface area contributed by atoms with Gasteiger partial charge in [0, 0.05) is 63.8 Å². The smallest absolute Gasteiger partial charge is 0.414 e. The number of para-hydroxylation sites is 2. The van der Waals surface area contributed by atoms with E-state index in [1.54, 1.807) is 0 Å². The monoisotopic (exact) mass is 671 g/mol. The van der Waals surface area contributed by atoms with Crippen molar-refractivity contribution >= 4 is 57.1 Å². The molecule has 8 heteroatoms. The van der Waals surface area contributed by atoms with E-state index >= 15 is 0 Å². The fraction of sp³-hybridized carbons (Fsp3) is 0.0682. The minimum absolute atomic E-state index is 0.0719. The van der Waals surface area contributed by atoms with Gasteiger partial charge in [0.15, 0.2) is 0 Å². The van der Waals surface area contributed by atoms with Crippen molar-refractivity contribution in [3.63, 3.8) is 0 Å². The van der Waals surface area contributed by atoms with Crippen LogP contribution in [0.1, 0.15) is 40.2 Å². The van der Waals surface area contributed by atoms with Gasteiger partial charge in [-0.1, -0.05) is 91.0 Å². The van der Waals surface area contributed by atoms with Gasteiger partial charge in [-0.15, -0.1) is 0 Å². The zero-order chi connectivity index (χ0) is 34.2. The second kappa shape index (κ2) is 11.4. The minimum atomic E-state index is -0.396. The van der Waals surface area contributed by atoms with Crippen molar-refractivity contribution in [2.75, 3.05) is 0 Å². The molecule has 0 bridgehead atoms. The Labute approximate surface area is 300 Å². The molecule has 0 spiro atoms. The number of nitrogens with zero attached hydrogens (tertiary/aromatic N) is 4. The average Bonchev–Trinajstić information content (AvgIpc) is 3.79. The highest BCUT2D eigenvalue weighted by Gasteiger charge is 2.53. The summed E-state index contributed by atoms with van der Waals surface area (Å²) >= 11 is 0. The first kappa shape index (κ1) is 29.1. The topological polar surface area (TPSA) is 79.7 Å². The summed E-state index contributed by atoms with van der Waals surface area (Å²) < 4.78 is 13.9.